The molecular formula is C14H25N3S. The quantitative estimate of drug-likeness (QED) is 0.909. The molecule has 1 aromatic rings. The number of likely N-dealkylation sites (tertiary alicyclic amines) is 1. The van der Waals surface area contributed by atoms with Crippen LogP contribution in [0.3, 0.4) is 0 Å². The zero-order chi connectivity index (χ0) is 13.0. The van der Waals surface area contributed by atoms with Crippen molar-refractivity contribution in [2.75, 3.05) is 19.6 Å². The van der Waals surface area contributed by atoms with E-state index >= 15 is 0 Å². The number of hydrogen-bond acceptors (Lipinski definition) is 4. The summed E-state index contributed by atoms with van der Waals surface area (Å²) >= 11 is 1.77. The van der Waals surface area contributed by atoms with Crippen molar-refractivity contribution in [2.45, 2.75) is 45.7 Å². The maximum Gasteiger partial charge on any atom is 0.0794 e. The molecule has 18 heavy (non-hydrogen) atoms. The lowest BCUT2D eigenvalue weighted by atomic mass is 9.95. The van der Waals surface area contributed by atoms with Crippen molar-refractivity contribution >= 4 is 11.3 Å². The molecule has 0 saturated carbocycles. The van der Waals surface area contributed by atoms with E-state index in [1.54, 1.807) is 11.3 Å². The molecule has 1 N–H and O–H groups in total. The Morgan fingerprint density at radius 2 is 2.11 bits per heavy atom. The van der Waals surface area contributed by atoms with Gasteiger partial charge in [0.05, 0.1) is 5.51 Å². The van der Waals surface area contributed by atoms with Gasteiger partial charge in [-0.25, -0.2) is 0 Å². The molecule has 0 atom stereocenters. The van der Waals surface area contributed by atoms with E-state index in [1.165, 1.54) is 30.8 Å². The molecule has 1 aliphatic heterocycles. The van der Waals surface area contributed by atoms with Crippen LogP contribution < -0.4 is 5.32 Å². The van der Waals surface area contributed by atoms with Crippen molar-refractivity contribution in [2.24, 2.45) is 5.92 Å². The fraction of sp³-hybridized carbons (Fsp3) is 0.786. The highest BCUT2D eigenvalue weighted by Gasteiger charge is 2.21. The number of nitrogens with zero attached hydrogens (tertiary/aromatic N) is 2. The molecule has 1 fully saturated rings. The van der Waals surface area contributed by atoms with Gasteiger partial charge in [-0.05, 0) is 59.2 Å². The van der Waals surface area contributed by atoms with Crippen LogP contribution in [0.15, 0.2) is 11.7 Å². The zero-order valence-corrected chi connectivity index (χ0v) is 12.6. The number of thiazole rings is 1. The molecule has 3 nitrogen and oxygen atoms in total. The van der Waals surface area contributed by atoms with Crippen molar-refractivity contribution in [1.82, 2.24) is 15.2 Å². The highest BCUT2D eigenvalue weighted by molar-refractivity contribution is 7.09. The first-order chi connectivity index (χ1) is 8.53. The van der Waals surface area contributed by atoms with Gasteiger partial charge in [0.1, 0.15) is 0 Å². The first-order valence-corrected chi connectivity index (χ1v) is 7.76. The van der Waals surface area contributed by atoms with E-state index in [-0.39, 0.29) is 5.54 Å². The van der Waals surface area contributed by atoms with Gasteiger partial charge >= 0.3 is 0 Å². The molecule has 0 radical (unpaired) electrons. The fourth-order valence-electron chi connectivity index (χ4n) is 2.34. The fourth-order valence-corrected chi connectivity index (χ4v) is 2.98. The average Bonchev–Trinajstić information content (AvgIpc) is 2.80. The minimum absolute atomic E-state index is 0.250. The molecule has 0 spiro atoms. The van der Waals surface area contributed by atoms with Crippen LogP contribution in [0.2, 0.25) is 0 Å². The maximum absolute atomic E-state index is 4.14. The van der Waals surface area contributed by atoms with Crippen LogP contribution in [0.25, 0.3) is 0 Å². The summed E-state index contributed by atoms with van der Waals surface area (Å²) in [4.78, 5) is 8.09. The van der Waals surface area contributed by atoms with Gasteiger partial charge in [0.2, 0.25) is 0 Å². The molecule has 4 heteroatoms. The predicted molar refractivity (Wildman–Crippen MR) is 77.9 cm³/mol. The van der Waals surface area contributed by atoms with Crippen molar-refractivity contribution in [1.29, 1.82) is 0 Å². The largest absolute Gasteiger partial charge is 0.312 e. The van der Waals surface area contributed by atoms with Gasteiger partial charge < -0.3 is 5.32 Å². The van der Waals surface area contributed by atoms with Crippen LogP contribution in [0, 0.1) is 5.92 Å². The standard InChI is InChI=1S/C14H25N3S/c1-14(2,3)16-8-12-4-6-17(7-5-12)10-13-9-15-11-18-13/h9,11-12,16H,4-8,10H2,1-3H3. The van der Waals surface area contributed by atoms with Crippen LogP contribution in [-0.2, 0) is 6.54 Å². The normalized spacial score (nSPS) is 19.3. The molecule has 0 aromatic carbocycles. The molecule has 102 valence electrons. The van der Waals surface area contributed by atoms with Gasteiger partial charge in [-0.2, -0.15) is 0 Å². The van der Waals surface area contributed by atoms with E-state index in [0.717, 1.165) is 19.0 Å². The van der Waals surface area contributed by atoms with Crippen LogP contribution in [0.1, 0.15) is 38.5 Å². The summed E-state index contributed by atoms with van der Waals surface area (Å²) in [6.07, 6.45) is 4.64. The third kappa shape index (κ3) is 4.67. The molecule has 0 unspecified atom stereocenters. The summed E-state index contributed by atoms with van der Waals surface area (Å²) in [5, 5.41) is 3.63. The van der Waals surface area contributed by atoms with E-state index in [1.807, 2.05) is 11.7 Å². The van der Waals surface area contributed by atoms with E-state index in [2.05, 4.69) is 36.0 Å². The lowest BCUT2D eigenvalue weighted by Crippen LogP contribution is -2.42. The van der Waals surface area contributed by atoms with Crippen molar-refractivity contribution < 1.29 is 0 Å². The zero-order valence-electron chi connectivity index (χ0n) is 11.8. The minimum atomic E-state index is 0.250. The summed E-state index contributed by atoms with van der Waals surface area (Å²) in [5.41, 5.74) is 2.18. The molecule has 2 heterocycles. The minimum Gasteiger partial charge on any atom is -0.312 e. The molecule has 0 bridgehead atoms. The Balaban J connectivity index is 1.68. The number of hydrogen-bond donors (Lipinski definition) is 1. The summed E-state index contributed by atoms with van der Waals surface area (Å²) in [5.74, 6) is 0.849. The Labute approximate surface area is 115 Å². The van der Waals surface area contributed by atoms with Crippen LogP contribution >= 0.6 is 11.3 Å². The van der Waals surface area contributed by atoms with Crippen molar-refractivity contribution in [3.63, 3.8) is 0 Å². The van der Waals surface area contributed by atoms with E-state index < -0.39 is 0 Å². The molecule has 2 rings (SSSR count). The lowest BCUT2D eigenvalue weighted by molar-refractivity contribution is 0.171. The first kappa shape index (κ1) is 14.0. The summed E-state index contributed by atoms with van der Waals surface area (Å²) in [7, 11) is 0. The van der Waals surface area contributed by atoms with Crippen molar-refractivity contribution in [3.05, 3.63) is 16.6 Å². The third-order valence-corrected chi connectivity index (χ3v) is 4.26. The van der Waals surface area contributed by atoms with Gasteiger partial charge in [-0.1, -0.05) is 0 Å². The van der Waals surface area contributed by atoms with E-state index in [4.69, 9.17) is 0 Å². The maximum atomic E-state index is 4.14. The molecule has 1 aromatic heterocycles. The second-order valence-electron chi connectivity index (χ2n) is 6.32. The average molecular weight is 267 g/mol. The molecule has 0 aliphatic carbocycles. The van der Waals surface area contributed by atoms with E-state index in [0.29, 0.717) is 0 Å². The monoisotopic (exact) mass is 267 g/mol. The highest BCUT2D eigenvalue weighted by Crippen LogP contribution is 2.20. The van der Waals surface area contributed by atoms with Gasteiger partial charge in [-0.3, -0.25) is 9.88 Å². The smallest absolute Gasteiger partial charge is 0.0794 e. The van der Waals surface area contributed by atoms with Gasteiger partial charge in [0.15, 0.2) is 0 Å². The Bertz CT molecular complexity index is 334. The Morgan fingerprint density at radius 3 is 2.67 bits per heavy atom. The van der Waals surface area contributed by atoms with Crippen molar-refractivity contribution in [3.8, 4) is 0 Å². The molecule has 1 saturated heterocycles. The number of piperidine rings is 1. The lowest BCUT2D eigenvalue weighted by Gasteiger charge is -2.33. The van der Waals surface area contributed by atoms with Gasteiger partial charge in [-0.15, -0.1) is 11.3 Å². The highest BCUT2D eigenvalue weighted by atomic mass is 32.1. The van der Waals surface area contributed by atoms with Crippen LogP contribution in [0.5, 0.6) is 0 Å². The van der Waals surface area contributed by atoms with Gasteiger partial charge in [0.25, 0.3) is 0 Å². The second-order valence-corrected chi connectivity index (χ2v) is 7.29. The Morgan fingerprint density at radius 1 is 1.39 bits per heavy atom. The summed E-state index contributed by atoms with van der Waals surface area (Å²) < 4.78 is 0. The first-order valence-electron chi connectivity index (χ1n) is 6.88. The van der Waals surface area contributed by atoms with Gasteiger partial charge in [0, 0.05) is 23.2 Å². The molecule has 0 amide bonds. The predicted octanol–water partition coefficient (Wildman–Crippen LogP) is 2.74. The second kappa shape index (κ2) is 6.13. The number of aromatic nitrogens is 1. The van der Waals surface area contributed by atoms with Crippen LogP contribution in [-0.4, -0.2) is 35.1 Å². The molecule has 1 aliphatic rings. The SMILES string of the molecule is CC(C)(C)NCC1CCN(Cc2cncs2)CC1. The summed E-state index contributed by atoms with van der Waals surface area (Å²) in [6.45, 7) is 11.4. The van der Waals surface area contributed by atoms with Crippen LogP contribution in [0.4, 0.5) is 0 Å². The topological polar surface area (TPSA) is 28.2 Å². The Hall–Kier alpha value is -0.450. The molecular weight excluding hydrogens is 242 g/mol. The van der Waals surface area contributed by atoms with E-state index in [9.17, 15) is 0 Å². The third-order valence-electron chi connectivity index (χ3n) is 3.49. The summed E-state index contributed by atoms with van der Waals surface area (Å²) in [6, 6.07) is 0. The number of nitrogens with one attached hydrogen (secondary N) is 1. The Kier molecular flexibility index (Phi) is 4.76. The number of rotatable bonds is 4.